The highest BCUT2D eigenvalue weighted by atomic mass is 32.2. The van der Waals surface area contributed by atoms with Crippen LogP contribution in [0, 0.1) is 5.82 Å². The van der Waals surface area contributed by atoms with E-state index in [1.54, 1.807) is 6.07 Å². The molecule has 1 aromatic carbocycles. The summed E-state index contributed by atoms with van der Waals surface area (Å²) in [4.78, 5) is 21.1. The van der Waals surface area contributed by atoms with E-state index in [0.717, 1.165) is 16.6 Å². The molecular weight excluding hydrogens is 526 g/mol. The van der Waals surface area contributed by atoms with E-state index in [1.165, 1.54) is 42.7 Å². The zero-order valence-corrected chi connectivity index (χ0v) is 20.6. The number of rotatable bonds is 7. The highest BCUT2D eigenvalue weighted by molar-refractivity contribution is 7.89. The fraction of sp³-hybridized carbons (Fsp3) is 0.269. The van der Waals surface area contributed by atoms with Gasteiger partial charge in [-0.1, -0.05) is 0 Å². The molecular formula is C26H21F4N3O4S. The summed E-state index contributed by atoms with van der Waals surface area (Å²) in [6, 6.07) is 7.95. The smallest absolute Gasteiger partial charge is 0.417 e. The molecule has 4 aromatic rings. The molecule has 12 heteroatoms. The minimum absolute atomic E-state index is 0.0353. The van der Waals surface area contributed by atoms with Crippen molar-refractivity contribution in [2.24, 2.45) is 0 Å². The number of alkyl halides is 3. The van der Waals surface area contributed by atoms with Crippen LogP contribution in [-0.2, 0) is 27.4 Å². The highest BCUT2D eigenvalue weighted by Crippen LogP contribution is 2.32. The zero-order chi connectivity index (χ0) is 27.1. The molecule has 7 nitrogen and oxygen atoms in total. The van der Waals surface area contributed by atoms with Gasteiger partial charge in [0.05, 0.1) is 17.3 Å². The Morgan fingerprint density at radius 1 is 1.08 bits per heavy atom. The largest absolute Gasteiger partial charge is 0.443 e. The second kappa shape index (κ2) is 9.91. The maximum atomic E-state index is 13.5. The van der Waals surface area contributed by atoms with Gasteiger partial charge < -0.3 is 4.42 Å². The van der Waals surface area contributed by atoms with Gasteiger partial charge in [0.2, 0.25) is 5.09 Å². The quantitative estimate of drug-likeness (QED) is 0.288. The molecule has 0 bridgehead atoms. The topological polar surface area (TPSA) is 93.4 Å². The van der Waals surface area contributed by atoms with Crippen molar-refractivity contribution >= 4 is 26.8 Å². The van der Waals surface area contributed by atoms with Gasteiger partial charge in [0.1, 0.15) is 11.4 Å². The van der Waals surface area contributed by atoms with E-state index >= 15 is 0 Å². The summed E-state index contributed by atoms with van der Waals surface area (Å²) in [7, 11) is -4.12. The van der Waals surface area contributed by atoms with Crippen LogP contribution in [0.4, 0.5) is 17.6 Å². The van der Waals surface area contributed by atoms with Crippen LogP contribution in [-0.4, -0.2) is 41.1 Å². The van der Waals surface area contributed by atoms with Gasteiger partial charge in [-0.3, -0.25) is 14.8 Å². The van der Waals surface area contributed by atoms with E-state index in [1.807, 2.05) is 0 Å². The first-order valence-corrected chi connectivity index (χ1v) is 13.2. The molecule has 198 valence electrons. The number of fused-ring (bicyclic) bond motifs is 1. The Kier molecular flexibility index (Phi) is 6.78. The molecule has 0 amide bonds. The van der Waals surface area contributed by atoms with Crippen molar-refractivity contribution in [3.63, 3.8) is 0 Å². The average Bonchev–Trinajstić information content (AvgIpc) is 3.55. The Balaban J connectivity index is 1.28. The Morgan fingerprint density at radius 3 is 2.63 bits per heavy atom. The second-order valence-corrected chi connectivity index (χ2v) is 10.8. The Morgan fingerprint density at radius 2 is 1.89 bits per heavy atom. The van der Waals surface area contributed by atoms with Gasteiger partial charge in [-0.15, -0.1) is 0 Å². The number of aryl methyl sites for hydroxylation is 1. The minimum atomic E-state index is -4.49. The first-order valence-electron chi connectivity index (χ1n) is 11.7. The summed E-state index contributed by atoms with van der Waals surface area (Å²) in [5.41, 5.74) is 0.820. The van der Waals surface area contributed by atoms with E-state index in [-0.39, 0.29) is 35.8 Å². The number of carbonyl (C=O) groups is 1. The van der Waals surface area contributed by atoms with Gasteiger partial charge in [0.25, 0.3) is 10.0 Å². The molecule has 1 aliphatic heterocycles. The van der Waals surface area contributed by atoms with Crippen molar-refractivity contribution in [2.45, 2.75) is 43.0 Å². The number of furan rings is 1. The molecule has 38 heavy (non-hydrogen) atoms. The monoisotopic (exact) mass is 547 g/mol. The third-order valence-corrected chi connectivity index (χ3v) is 8.20. The molecule has 1 atom stereocenters. The Hall–Kier alpha value is -3.64. The molecule has 1 fully saturated rings. The fourth-order valence-corrected chi connectivity index (χ4v) is 6.14. The third-order valence-electron chi connectivity index (χ3n) is 6.44. The fourth-order valence-electron chi connectivity index (χ4n) is 4.51. The van der Waals surface area contributed by atoms with Crippen LogP contribution in [0.3, 0.4) is 0 Å². The molecule has 0 saturated carbocycles. The Labute approximate surface area is 215 Å². The summed E-state index contributed by atoms with van der Waals surface area (Å²) < 4.78 is 85.1. The number of halogens is 4. The van der Waals surface area contributed by atoms with Crippen molar-refractivity contribution in [3.05, 3.63) is 78.0 Å². The third kappa shape index (κ3) is 5.18. The van der Waals surface area contributed by atoms with E-state index in [9.17, 15) is 30.8 Å². The number of hydrogen-bond acceptors (Lipinski definition) is 6. The molecule has 1 saturated heterocycles. The van der Waals surface area contributed by atoms with Crippen LogP contribution in [0.2, 0.25) is 0 Å². The number of nitrogens with zero attached hydrogens (tertiary/aromatic N) is 3. The van der Waals surface area contributed by atoms with Gasteiger partial charge in [-0.05, 0) is 61.2 Å². The van der Waals surface area contributed by atoms with Crippen LogP contribution in [0.1, 0.15) is 30.4 Å². The predicted molar refractivity (Wildman–Crippen MR) is 129 cm³/mol. The predicted octanol–water partition coefficient (Wildman–Crippen LogP) is 5.40. The van der Waals surface area contributed by atoms with E-state index < -0.39 is 33.6 Å². The number of aromatic nitrogens is 2. The van der Waals surface area contributed by atoms with Gasteiger partial charge in [0.15, 0.2) is 5.78 Å². The molecule has 0 spiro atoms. The summed E-state index contributed by atoms with van der Waals surface area (Å²) in [5, 5.41) is -0.0423. The summed E-state index contributed by atoms with van der Waals surface area (Å²) in [6.45, 7) is 0.154. The lowest BCUT2D eigenvalue weighted by Gasteiger charge is -2.21. The van der Waals surface area contributed by atoms with Crippen molar-refractivity contribution in [2.75, 3.05) is 6.54 Å². The van der Waals surface area contributed by atoms with Crippen LogP contribution >= 0.6 is 0 Å². The summed E-state index contributed by atoms with van der Waals surface area (Å²) in [5.74, 6) is -0.796. The molecule has 3 aromatic heterocycles. The van der Waals surface area contributed by atoms with Crippen molar-refractivity contribution in [3.8, 4) is 11.3 Å². The van der Waals surface area contributed by atoms with Crippen LogP contribution in [0.15, 0.2) is 70.6 Å². The van der Waals surface area contributed by atoms with Crippen molar-refractivity contribution < 1.29 is 35.2 Å². The van der Waals surface area contributed by atoms with Gasteiger partial charge in [-0.25, -0.2) is 12.8 Å². The average molecular weight is 548 g/mol. The number of ketones is 1. The first-order chi connectivity index (χ1) is 18.0. The molecule has 0 radical (unpaired) electrons. The summed E-state index contributed by atoms with van der Waals surface area (Å²) >= 11 is 0. The minimum Gasteiger partial charge on any atom is -0.443 e. The lowest BCUT2D eigenvalue weighted by atomic mass is 10.0. The normalized spacial score (nSPS) is 16.8. The molecule has 4 heterocycles. The van der Waals surface area contributed by atoms with Crippen molar-refractivity contribution in [1.29, 1.82) is 0 Å². The zero-order valence-electron chi connectivity index (χ0n) is 19.8. The van der Waals surface area contributed by atoms with E-state index in [0.29, 0.717) is 35.0 Å². The number of sulfonamides is 1. The number of Topliss-reactive ketones (excluding diaryl/α,β-unsaturated/α-hetero) is 1. The lowest BCUT2D eigenvalue weighted by Crippen LogP contribution is -2.40. The van der Waals surface area contributed by atoms with Crippen LogP contribution < -0.4 is 0 Å². The molecule has 1 unspecified atom stereocenters. The summed E-state index contributed by atoms with van der Waals surface area (Å²) in [6.07, 6.45) is 0.419. The lowest BCUT2D eigenvalue weighted by molar-refractivity contribution is -0.137. The molecule has 5 rings (SSSR count). The number of carbonyl (C=O) groups excluding carboxylic acids is 1. The van der Waals surface area contributed by atoms with Gasteiger partial charge in [-0.2, -0.15) is 17.5 Å². The van der Waals surface area contributed by atoms with Crippen LogP contribution in [0.25, 0.3) is 22.2 Å². The van der Waals surface area contributed by atoms with Gasteiger partial charge in [0, 0.05) is 48.6 Å². The maximum Gasteiger partial charge on any atom is 0.417 e. The van der Waals surface area contributed by atoms with E-state index in [4.69, 9.17) is 4.42 Å². The van der Waals surface area contributed by atoms with Crippen LogP contribution in [0.5, 0.6) is 0 Å². The number of pyridine rings is 2. The SMILES string of the molecule is O=C(CCc1cncc(-c2ccc(C(F)(F)F)cn2)c1)C1CCCN1S(=O)(=O)c1cc2cc(F)ccc2o1. The van der Waals surface area contributed by atoms with Crippen molar-refractivity contribution in [1.82, 2.24) is 14.3 Å². The second-order valence-electron chi connectivity index (χ2n) is 9.00. The molecule has 0 N–H and O–H groups in total. The molecule has 1 aliphatic rings. The Bertz CT molecular complexity index is 1600. The number of hydrogen-bond donors (Lipinski definition) is 0. The first kappa shape index (κ1) is 26.0. The van der Waals surface area contributed by atoms with Gasteiger partial charge >= 0.3 is 6.18 Å². The maximum absolute atomic E-state index is 13.5. The molecule has 0 aliphatic carbocycles. The van der Waals surface area contributed by atoms with E-state index in [2.05, 4.69) is 9.97 Å². The standard InChI is InChI=1S/C26H21F4N3O4S/c27-20-5-8-24-17(11-20)12-25(37-24)38(35,36)33-9-1-2-22(33)23(34)7-3-16-10-18(14-31-13-16)21-6-4-19(15-32-21)26(28,29)30/h4-6,8,10-15,22H,1-3,7,9H2. The number of benzene rings is 1. The highest BCUT2D eigenvalue weighted by Gasteiger charge is 2.40.